The van der Waals surface area contributed by atoms with Crippen molar-refractivity contribution >= 4 is 40.7 Å². The molecule has 1 aliphatic rings. The first-order chi connectivity index (χ1) is 14.6. The molecule has 6 nitrogen and oxygen atoms in total. The van der Waals surface area contributed by atoms with E-state index in [1.54, 1.807) is 6.20 Å². The molecule has 1 aliphatic heterocycles. The molecule has 31 heavy (non-hydrogen) atoms. The summed E-state index contributed by atoms with van der Waals surface area (Å²) in [6.45, 7) is 2.07. The number of nitrogens with zero attached hydrogens (tertiary/aromatic N) is 2. The zero-order valence-electron chi connectivity index (χ0n) is 16.3. The van der Waals surface area contributed by atoms with Crippen LogP contribution in [-0.4, -0.2) is 27.2 Å². The van der Waals surface area contributed by atoms with Gasteiger partial charge in [-0.15, -0.1) is 0 Å². The molecule has 0 aliphatic carbocycles. The topological polar surface area (TPSA) is 87.1 Å². The first kappa shape index (κ1) is 22.4. The van der Waals surface area contributed by atoms with Crippen molar-refractivity contribution < 1.29 is 23.1 Å². The molecule has 1 aromatic heterocycles. The summed E-state index contributed by atoms with van der Waals surface area (Å²) in [6.07, 6.45) is -1.51. The van der Waals surface area contributed by atoms with E-state index in [9.17, 15) is 13.2 Å². The van der Waals surface area contributed by atoms with Gasteiger partial charge >= 0.3 is 12.1 Å². The van der Waals surface area contributed by atoms with Crippen LogP contribution in [0.4, 0.5) is 36.3 Å². The van der Waals surface area contributed by atoms with E-state index in [1.807, 2.05) is 12.1 Å². The second-order valence-corrected chi connectivity index (χ2v) is 7.20. The van der Waals surface area contributed by atoms with Crippen molar-refractivity contribution in [2.75, 3.05) is 10.6 Å². The van der Waals surface area contributed by atoms with Crippen LogP contribution in [0.15, 0.2) is 48.7 Å². The van der Waals surface area contributed by atoms with Crippen LogP contribution in [0.3, 0.4) is 0 Å². The summed E-state index contributed by atoms with van der Waals surface area (Å²) in [5, 5.41) is 14.2. The summed E-state index contributed by atoms with van der Waals surface area (Å²) in [6, 6.07) is 14.8. The van der Waals surface area contributed by atoms with E-state index < -0.39 is 12.1 Å². The van der Waals surface area contributed by atoms with E-state index >= 15 is 0 Å². The van der Waals surface area contributed by atoms with Gasteiger partial charge in [0.1, 0.15) is 5.02 Å². The number of aromatic nitrogens is 2. The number of aryl methyl sites for hydroxylation is 3. The van der Waals surface area contributed by atoms with Crippen molar-refractivity contribution in [3.63, 3.8) is 0 Å². The van der Waals surface area contributed by atoms with Crippen LogP contribution in [0, 0.1) is 6.92 Å². The highest BCUT2D eigenvalue weighted by Gasteiger charge is 2.38. The molecule has 10 heteroatoms. The molecule has 162 valence electrons. The maximum Gasteiger partial charge on any atom is 0.490 e. The van der Waals surface area contributed by atoms with Crippen LogP contribution >= 0.6 is 11.6 Å². The van der Waals surface area contributed by atoms with Gasteiger partial charge < -0.3 is 15.7 Å². The number of carboxylic acid groups (broad SMARTS) is 1. The molecule has 6 bridgehead atoms. The van der Waals surface area contributed by atoms with E-state index in [1.165, 1.54) is 11.1 Å². The van der Waals surface area contributed by atoms with Crippen molar-refractivity contribution in [3.05, 3.63) is 70.4 Å². The average Bonchev–Trinajstić information content (AvgIpc) is 2.71. The minimum atomic E-state index is -5.08. The molecule has 3 aromatic rings. The van der Waals surface area contributed by atoms with Gasteiger partial charge in [0.2, 0.25) is 5.95 Å². The predicted octanol–water partition coefficient (Wildman–Crippen LogP) is 5.66. The van der Waals surface area contributed by atoms with Crippen molar-refractivity contribution in [1.82, 2.24) is 9.97 Å². The molecule has 0 spiro atoms. The minimum Gasteiger partial charge on any atom is -0.475 e. The van der Waals surface area contributed by atoms with Crippen molar-refractivity contribution in [2.24, 2.45) is 0 Å². The maximum absolute atomic E-state index is 10.6. The summed E-state index contributed by atoms with van der Waals surface area (Å²) >= 11 is 6.25. The molecule has 4 rings (SSSR count). The van der Waals surface area contributed by atoms with Gasteiger partial charge in [-0.1, -0.05) is 35.9 Å². The number of carbonyl (C=O) groups is 1. The number of fused-ring (bicyclic) bond motifs is 6. The molecule has 0 saturated heterocycles. The predicted molar refractivity (Wildman–Crippen MR) is 112 cm³/mol. The number of hydrogen-bond acceptors (Lipinski definition) is 5. The smallest absolute Gasteiger partial charge is 0.475 e. The van der Waals surface area contributed by atoms with Crippen LogP contribution in [0.2, 0.25) is 5.02 Å². The number of anilines is 4. The van der Waals surface area contributed by atoms with Gasteiger partial charge in [-0.25, -0.2) is 9.78 Å². The summed E-state index contributed by atoms with van der Waals surface area (Å²) in [5.41, 5.74) is 5.71. The summed E-state index contributed by atoms with van der Waals surface area (Å²) in [4.78, 5) is 17.7. The van der Waals surface area contributed by atoms with Crippen LogP contribution in [0.5, 0.6) is 0 Å². The largest absolute Gasteiger partial charge is 0.490 e. The average molecular weight is 451 g/mol. The number of carboxylic acids is 1. The third-order valence-electron chi connectivity index (χ3n) is 4.43. The number of alkyl halides is 3. The first-order valence-electron chi connectivity index (χ1n) is 9.17. The van der Waals surface area contributed by atoms with E-state index in [-0.39, 0.29) is 0 Å². The van der Waals surface area contributed by atoms with Crippen LogP contribution in [0.25, 0.3) is 0 Å². The SMILES string of the molecule is Cc1ccc2cc1Nc1ncc(Cl)c(n1)Nc1cccc(c1)CC2.O=C(O)C(F)(F)F. The Bertz CT molecular complexity index is 1110. The van der Waals surface area contributed by atoms with E-state index in [0.717, 1.165) is 29.8 Å². The zero-order chi connectivity index (χ0) is 22.6. The minimum absolute atomic E-state index is 0.492. The Morgan fingerprint density at radius 1 is 1.10 bits per heavy atom. The fraction of sp³-hybridized carbons (Fsp3) is 0.190. The highest BCUT2D eigenvalue weighted by molar-refractivity contribution is 6.32. The van der Waals surface area contributed by atoms with Gasteiger partial charge in [0.25, 0.3) is 0 Å². The first-order valence-corrected chi connectivity index (χ1v) is 9.55. The fourth-order valence-corrected chi connectivity index (χ4v) is 2.96. The standard InChI is InChI=1S/C19H17ClN4.C2HF3O2/c1-12-5-6-14-8-7-13-3-2-4-15(9-13)22-18-16(20)11-21-19(24-18)23-17(12)10-14;3-2(4,5)1(6)7/h2-6,9-11H,7-8H2,1H3,(H2,21,22,23,24);(H,6,7). The monoisotopic (exact) mass is 450 g/mol. The molecule has 0 atom stereocenters. The summed E-state index contributed by atoms with van der Waals surface area (Å²) in [7, 11) is 0. The number of aliphatic carboxylic acids is 1. The maximum atomic E-state index is 10.6. The van der Waals surface area contributed by atoms with Gasteiger partial charge in [0.15, 0.2) is 5.82 Å². The van der Waals surface area contributed by atoms with Gasteiger partial charge in [0.05, 0.1) is 6.20 Å². The Balaban J connectivity index is 0.000000339. The van der Waals surface area contributed by atoms with Crippen LogP contribution in [0.1, 0.15) is 16.7 Å². The van der Waals surface area contributed by atoms with Gasteiger partial charge in [-0.2, -0.15) is 18.2 Å². The Hall–Kier alpha value is -3.33. The molecule has 0 radical (unpaired) electrons. The van der Waals surface area contributed by atoms with Gasteiger partial charge in [-0.05, 0) is 54.7 Å². The lowest BCUT2D eigenvalue weighted by Gasteiger charge is -2.12. The molecule has 0 amide bonds. The number of benzene rings is 2. The third kappa shape index (κ3) is 6.08. The highest BCUT2D eigenvalue weighted by Crippen LogP contribution is 2.27. The lowest BCUT2D eigenvalue weighted by Crippen LogP contribution is -2.21. The number of halogens is 4. The van der Waals surface area contributed by atoms with Crippen molar-refractivity contribution in [2.45, 2.75) is 25.9 Å². The Morgan fingerprint density at radius 2 is 1.77 bits per heavy atom. The second kappa shape index (κ2) is 9.22. The Morgan fingerprint density at radius 3 is 2.45 bits per heavy atom. The fourth-order valence-electron chi connectivity index (χ4n) is 2.82. The van der Waals surface area contributed by atoms with Crippen LogP contribution in [-0.2, 0) is 17.6 Å². The third-order valence-corrected chi connectivity index (χ3v) is 4.70. The Kier molecular flexibility index (Phi) is 6.65. The summed E-state index contributed by atoms with van der Waals surface area (Å²) < 4.78 is 31.7. The van der Waals surface area contributed by atoms with Crippen LogP contribution < -0.4 is 10.6 Å². The lowest BCUT2D eigenvalue weighted by molar-refractivity contribution is -0.192. The number of rotatable bonds is 0. The summed E-state index contributed by atoms with van der Waals surface area (Å²) in [5.74, 6) is -1.63. The number of nitrogens with one attached hydrogen (secondary N) is 2. The van der Waals surface area contributed by atoms with Crippen molar-refractivity contribution in [1.29, 1.82) is 0 Å². The zero-order valence-corrected chi connectivity index (χ0v) is 17.1. The molecular formula is C21H18ClF3N4O2. The second-order valence-electron chi connectivity index (χ2n) is 6.79. The normalized spacial score (nSPS) is 12.5. The Labute approximate surface area is 181 Å². The van der Waals surface area contributed by atoms with Gasteiger partial charge in [0, 0.05) is 11.4 Å². The molecule has 3 N–H and O–H groups in total. The molecule has 2 heterocycles. The number of hydrogen-bond donors (Lipinski definition) is 3. The lowest BCUT2D eigenvalue weighted by atomic mass is 10.0. The molecule has 0 fully saturated rings. The molecule has 0 saturated carbocycles. The van der Waals surface area contributed by atoms with Crippen molar-refractivity contribution in [3.8, 4) is 0 Å². The molecular weight excluding hydrogens is 433 g/mol. The molecule has 2 aromatic carbocycles. The van der Waals surface area contributed by atoms with E-state index in [2.05, 4.69) is 57.9 Å². The van der Waals surface area contributed by atoms with Gasteiger partial charge in [-0.3, -0.25) is 0 Å². The van der Waals surface area contributed by atoms with E-state index in [0.29, 0.717) is 16.8 Å². The van der Waals surface area contributed by atoms with E-state index in [4.69, 9.17) is 21.5 Å². The quantitative estimate of drug-likeness (QED) is 0.410. The highest BCUT2D eigenvalue weighted by atomic mass is 35.5. The molecule has 0 unspecified atom stereocenters.